The van der Waals surface area contributed by atoms with Crippen LogP contribution in [-0.2, 0) is 0 Å². The van der Waals surface area contributed by atoms with Crippen molar-refractivity contribution in [3.8, 4) is 0 Å². The van der Waals surface area contributed by atoms with Crippen molar-refractivity contribution in [3.63, 3.8) is 0 Å². The molecule has 0 aliphatic carbocycles. The Balaban J connectivity index is 1.87. The second-order valence-corrected chi connectivity index (χ2v) is 8.63. The Morgan fingerprint density at radius 2 is 1.18 bits per heavy atom. The van der Waals surface area contributed by atoms with Crippen molar-refractivity contribution < 1.29 is 0 Å². The van der Waals surface area contributed by atoms with Gasteiger partial charge in [0.15, 0.2) is 0 Å². The van der Waals surface area contributed by atoms with Crippen molar-refractivity contribution in [1.29, 1.82) is 0 Å². The van der Waals surface area contributed by atoms with Crippen molar-refractivity contribution in [2.75, 3.05) is 0 Å². The van der Waals surface area contributed by atoms with Gasteiger partial charge in [0, 0.05) is 10.5 Å². The van der Waals surface area contributed by atoms with E-state index in [1.54, 1.807) is 0 Å². The number of thioether (sulfide) groups is 1. The highest BCUT2D eigenvalue weighted by Crippen LogP contribution is 2.50. The molecule has 100 valence electrons. The standard InChI is InChI=1S/C16H30S/c1-11(2)9-13-5-7-16-14(10-12(3)4)6-8-15(13)17-16/h11-16H,5-10H2,1-4H3. The minimum absolute atomic E-state index is 0.894. The smallest absolute Gasteiger partial charge is 0.00784 e. The first-order valence-electron chi connectivity index (χ1n) is 7.71. The first-order chi connectivity index (χ1) is 8.06. The van der Waals surface area contributed by atoms with Gasteiger partial charge in [0.2, 0.25) is 0 Å². The summed E-state index contributed by atoms with van der Waals surface area (Å²) in [6.45, 7) is 9.56. The maximum atomic E-state index is 2.39. The third-order valence-electron chi connectivity index (χ3n) is 4.59. The number of hydrogen-bond donors (Lipinski definition) is 0. The summed E-state index contributed by atoms with van der Waals surface area (Å²) < 4.78 is 0. The lowest BCUT2D eigenvalue weighted by atomic mass is 9.78. The van der Waals surface area contributed by atoms with E-state index in [2.05, 4.69) is 39.5 Å². The Bertz CT molecular complexity index is 210. The van der Waals surface area contributed by atoms with Gasteiger partial charge in [-0.15, -0.1) is 0 Å². The van der Waals surface area contributed by atoms with E-state index in [9.17, 15) is 0 Å². The fraction of sp³-hybridized carbons (Fsp3) is 1.00. The summed E-state index contributed by atoms with van der Waals surface area (Å²) in [6, 6.07) is 0. The van der Waals surface area contributed by atoms with Crippen molar-refractivity contribution in [3.05, 3.63) is 0 Å². The highest BCUT2D eigenvalue weighted by Gasteiger charge is 2.38. The van der Waals surface area contributed by atoms with Crippen LogP contribution < -0.4 is 0 Å². The van der Waals surface area contributed by atoms with Crippen molar-refractivity contribution in [1.82, 2.24) is 0 Å². The summed E-state index contributed by atoms with van der Waals surface area (Å²) in [7, 11) is 0. The Kier molecular flexibility index (Phi) is 4.86. The monoisotopic (exact) mass is 254 g/mol. The van der Waals surface area contributed by atoms with Gasteiger partial charge in [-0.05, 0) is 62.2 Å². The Morgan fingerprint density at radius 1 is 0.765 bits per heavy atom. The largest absolute Gasteiger partial charge is 0.155 e. The maximum Gasteiger partial charge on any atom is 0.00784 e. The summed E-state index contributed by atoms with van der Waals surface area (Å²) in [4.78, 5) is 0. The zero-order valence-corrected chi connectivity index (χ0v) is 12.9. The Hall–Kier alpha value is 0.350. The van der Waals surface area contributed by atoms with Gasteiger partial charge < -0.3 is 0 Å². The van der Waals surface area contributed by atoms with Crippen LogP contribution in [0.4, 0.5) is 0 Å². The van der Waals surface area contributed by atoms with Crippen LogP contribution in [0.15, 0.2) is 0 Å². The van der Waals surface area contributed by atoms with Crippen LogP contribution in [-0.4, -0.2) is 10.5 Å². The number of hydrogen-bond acceptors (Lipinski definition) is 1. The van der Waals surface area contributed by atoms with E-state index in [4.69, 9.17) is 0 Å². The lowest BCUT2D eigenvalue weighted by Gasteiger charge is -2.45. The molecule has 4 unspecified atom stereocenters. The molecule has 17 heavy (non-hydrogen) atoms. The third-order valence-corrected chi connectivity index (χ3v) is 6.53. The van der Waals surface area contributed by atoms with Crippen molar-refractivity contribution >= 4 is 11.8 Å². The molecule has 2 aliphatic heterocycles. The Morgan fingerprint density at radius 3 is 1.53 bits per heavy atom. The summed E-state index contributed by atoms with van der Waals surface area (Å²) >= 11 is 2.37. The molecule has 0 aromatic rings. The lowest BCUT2D eigenvalue weighted by Crippen LogP contribution is -2.37. The van der Waals surface area contributed by atoms with E-state index in [0.717, 1.165) is 34.2 Å². The van der Waals surface area contributed by atoms with Gasteiger partial charge in [0.25, 0.3) is 0 Å². The molecule has 0 saturated carbocycles. The quantitative estimate of drug-likeness (QED) is 0.650. The van der Waals surface area contributed by atoms with Crippen molar-refractivity contribution in [2.45, 2.75) is 76.7 Å². The minimum atomic E-state index is 0.894. The molecule has 0 nitrogen and oxygen atoms in total. The zero-order valence-electron chi connectivity index (χ0n) is 12.1. The highest BCUT2D eigenvalue weighted by molar-refractivity contribution is 8.00. The third kappa shape index (κ3) is 3.66. The van der Waals surface area contributed by atoms with Crippen LogP contribution in [0.25, 0.3) is 0 Å². The van der Waals surface area contributed by atoms with Crippen LogP contribution in [0.3, 0.4) is 0 Å². The van der Waals surface area contributed by atoms with E-state index >= 15 is 0 Å². The zero-order chi connectivity index (χ0) is 12.4. The predicted molar refractivity (Wildman–Crippen MR) is 79.5 cm³/mol. The first-order valence-corrected chi connectivity index (χ1v) is 8.66. The van der Waals surface area contributed by atoms with Crippen LogP contribution in [0.5, 0.6) is 0 Å². The maximum absolute atomic E-state index is 2.39. The molecule has 2 aliphatic rings. The average molecular weight is 254 g/mol. The molecule has 2 heterocycles. The predicted octanol–water partition coefficient (Wildman–Crippen LogP) is 5.37. The van der Waals surface area contributed by atoms with E-state index in [1.165, 1.54) is 38.5 Å². The highest BCUT2D eigenvalue weighted by atomic mass is 32.2. The van der Waals surface area contributed by atoms with E-state index in [0.29, 0.717) is 0 Å². The molecule has 2 rings (SSSR count). The SMILES string of the molecule is CC(C)CC1CCC2SC1CCC2CC(C)C. The molecule has 1 heteroatoms. The molecular formula is C16H30S. The molecule has 0 aromatic heterocycles. The van der Waals surface area contributed by atoms with Gasteiger partial charge >= 0.3 is 0 Å². The first kappa shape index (κ1) is 13.8. The molecule has 2 bridgehead atoms. The van der Waals surface area contributed by atoms with Crippen LogP contribution >= 0.6 is 11.8 Å². The van der Waals surface area contributed by atoms with Gasteiger partial charge in [-0.1, -0.05) is 27.7 Å². The summed E-state index contributed by atoms with van der Waals surface area (Å²) in [5, 5.41) is 2.03. The molecule has 0 spiro atoms. The fourth-order valence-corrected chi connectivity index (χ4v) is 5.87. The average Bonchev–Trinajstić information content (AvgIpc) is 2.24. The summed E-state index contributed by atoms with van der Waals surface area (Å²) in [5.41, 5.74) is 0. The topological polar surface area (TPSA) is 0 Å². The fourth-order valence-electron chi connectivity index (χ4n) is 3.93. The molecule has 0 radical (unpaired) electrons. The van der Waals surface area contributed by atoms with Gasteiger partial charge in [-0.3, -0.25) is 0 Å². The van der Waals surface area contributed by atoms with Crippen LogP contribution in [0.2, 0.25) is 0 Å². The van der Waals surface area contributed by atoms with Gasteiger partial charge in [-0.2, -0.15) is 11.8 Å². The molecular weight excluding hydrogens is 224 g/mol. The molecule has 2 saturated heterocycles. The summed E-state index contributed by atoms with van der Waals surface area (Å²) in [5.74, 6) is 3.86. The number of rotatable bonds is 4. The normalized spacial score (nSPS) is 37.8. The molecule has 0 aromatic carbocycles. The van der Waals surface area contributed by atoms with E-state index in [1.807, 2.05) is 0 Å². The van der Waals surface area contributed by atoms with E-state index < -0.39 is 0 Å². The van der Waals surface area contributed by atoms with Gasteiger partial charge in [-0.25, -0.2) is 0 Å². The second-order valence-electron chi connectivity index (χ2n) is 7.15. The second kappa shape index (κ2) is 5.99. The molecule has 4 atom stereocenters. The lowest BCUT2D eigenvalue weighted by molar-refractivity contribution is 0.257. The van der Waals surface area contributed by atoms with E-state index in [-0.39, 0.29) is 0 Å². The molecule has 0 N–H and O–H groups in total. The van der Waals surface area contributed by atoms with Crippen LogP contribution in [0, 0.1) is 23.7 Å². The van der Waals surface area contributed by atoms with Crippen molar-refractivity contribution in [2.24, 2.45) is 23.7 Å². The Labute approximate surface area is 112 Å². The minimum Gasteiger partial charge on any atom is -0.155 e. The summed E-state index contributed by atoms with van der Waals surface area (Å²) in [6.07, 6.45) is 9.01. The molecule has 0 amide bonds. The molecule has 2 fully saturated rings. The number of fused-ring (bicyclic) bond motifs is 2. The van der Waals surface area contributed by atoms with Gasteiger partial charge in [0.05, 0.1) is 0 Å². The van der Waals surface area contributed by atoms with Gasteiger partial charge in [0.1, 0.15) is 0 Å². The van der Waals surface area contributed by atoms with Crippen LogP contribution in [0.1, 0.15) is 66.2 Å².